The van der Waals surface area contributed by atoms with E-state index in [2.05, 4.69) is 9.97 Å². The summed E-state index contributed by atoms with van der Waals surface area (Å²) in [6, 6.07) is 3.45. The zero-order valence-electron chi connectivity index (χ0n) is 10.8. The molecule has 20 heavy (non-hydrogen) atoms. The van der Waals surface area contributed by atoms with Crippen molar-refractivity contribution >= 4 is 23.5 Å². The van der Waals surface area contributed by atoms with Gasteiger partial charge in [-0.3, -0.25) is 9.69 Å². The maximum atomic E-state index is 12.1. The molecule has 7 heteroatoms. The first-order chi connectivity index (χ1) is 9.52. The van der Waals surface area contributed by atoms with Gasteiger partial charge in [-0.25, -0.2) is 14.8 Å². The highest BCUT2D eigenvalue weighted by Crippen LogP contribution is 2.36. The molecule has 1 aliphatic rings. The maximum Gasteiger partial charge on any atom is 0.278 e. The molecule has 0 fully saturated rings. The average Bonchev–Trinajstić information content (AvgIpc) is 2.94. The molecular formula is C13H10N4O3. The Balaban J connectivity index is 2.36. The Morgan fingerprint density at radius 1 is 1.30 bits per heavy atom. The zero-order valence-corrected chi connectivity index (χ0v) is 10.8. The number of hydrogen-bond acceptors (Lipinski definition) is 6. The average molecular weight is 270 g/mol. The number of hydrogen-bond donors (Lipinski definition) is 1. The molecule has 7 nitrogen and oxygen atoms in total. The van der Waals surface area contributed by atoms with Gasteiger partial charge in [0.2, 0.25) is 5.95 Å². The summed E-state index contributed by atoms with van der Waals surface area (Å²) in [5, 5.41) is 0. The first kappa shape index (κ1) is 12.1. The van der Waals surface area contributed by atoms with Gasteiger partial charge in [0.15, 0.2) is 11.7 Å². The summed E-state index contributed by atoms with van der Waals surface area (Å²) in [5.74, 6) is 2.37. The Hall–Kier alpha value is -2.92. The summed E-state index contributed by atoms with van der Waals surface area (Å²) in [6.07, 6.45) is 0. The Morgan fingerprint density at radius 3 is 2.60 bits per heavy atom. The standard InChI is InChI=1S/C13H10N4O3/c1-6-3-4-8(20-6)10-9-7(5-18)17(2)12(19)11(9)16-13(14)15-10/h3-4H,1-2H3,(H2,14,15,16). The van der Waals surface area contributed by atoms with Crippen molar-refractivity contribution in [3.63, 3.8) is 0 Å². The third kappa shape index (κ3) is 1.54. The number of amides is 1. The van der Waals surface area contributed by atoms with E-state index in [9.17, 15) is 9.59 Å². The predicted molar refractivity (Wildman–Crippen MR) is 70.1 cm³/mol. The van der Waals surface area contributed by atoms with E-state index in [-0.39, 0.29) is 17.3 Å². The van der Waals surface area contributed by atoms with Gasteiger partial charge < -0.3 is 10.2 Å². The minimum atomic E-state index is -0.419. The lowest BCUT2D eigenvalue weighted by Crippen LogP contribution is -2.18. The number of carbonyl (C=O) groups excluding carboxylic acids is 2. The first-order valence-corrected chi connectivity index (χ1v) is 5.80. The highest BCUT2D eigenvalue weighted by atomic mass is 16.3. The van der Waals surface area contributed by atoms with Crippen LogP contribution in [-0.4, -0.2) is 33.8 Å². The van der Waals surface area contributed by atoms with Gasteiger partial charge in [0, 0.05) is 7.05 Å². The fraction of sp³-hybridized carbons (Fsp3) is 0.154. The van der Waals surface area contributed by atoms with Crippen LogP contribution < -0.4 is 5.73 Å². The molecule has 3 rings (SSSR count). The quantitative estimate of drug-likeness (QED) is 0.772. The smallest absolute Gasteiger partial charge is 0.278 e. The molecule has 2 aromatic heterocycles. The van der Waals surface area contributed by atoms with Crippen LogP contribution in [0.2, 0.25) is 0 Å². The molecule has 0 aliphatic carbocycles. The topological polar surface area (TPSA) is 102 Å². The number of furan rings is 1. The van der Waals surface area contributed by atoms with Gasteiger partial charge in [0.05, 0.1) is 5.56 Å². The van der Waals surface area contributed by atoms with Crippen molar-refractivity contribution in [3.8, 4) is 11.5 Å². The van der Waals surface area contributed by atoms with E-state index < -0.39 is 5.91 Å². The largest absolute Gasteiger partial charge is 0.460 e. The molecule has 0 aromatic carbocycles. The molecule has 1 amide bonds. The second kappa shape index (κ2) is 4.04. The molecule has 1 aliphatic heterocycles. The van der Waals surface area contributed by atoms with Crippen molar-refractivity contribution in [2.45, 2.75) is 6.92 Å². The summed E-state index contributed by atoms with van der Waals surface area (Å²) in [6.45, 7) is 1.78. The molecule has 0 atom stereocenters. The zero-order chi connectivity index (χ0) is 14.4. The number of nitrogens with zero attached hydrogens (tertiary/aromatic N) is 3. The molecule has 0 saturated heterocycles. The number of anilines is 1. The lowest BCUT2D eigenvalue weighted by molar-refractivity contribution is 0.0870. The van der Waals surface area contributed by atoms with Crippen LogP contribution >= 0.6 is 0 Å². The summed E-state index contributed by atoms with van der Waals surface area (Å²) < 4.78 is 5.49. The molecular weight excluding hydrogens is 260 g/mol. The van der Waals surface area contributed by atoms with Crippen molar-refractivity contribution in [2.75, 3.05) is 12.8 Å². The van der Waals surface area contributed by atoms with Gasteiger partial charge in [-0.15, -0.1) is 0 Å². The first-order valence-electron chi connectivity index (χ1n) is 5.80. The van der Waals surface area contributed by atoms with Crippen molar-refractivity contribution in [2.24, 2.45) is 0 Å². The number of rotatable bonds is 1. The van der Waals surface area contributed by atoms with Crippen LogP contribution in [0.4, 0.5) is 5.95 Å². The fourth-order valence-corrected chi connectivity index (χ4v) is 2.14. The SMILES string of the molecule is Cc1ccc(-c2nc(N)nc3c2C(=C=O)N(C)C3=O)o1. The molecule has 2 N–H and O–H groups in total. The Kier molecular flexibility index (Phi) is 2.45. The highest BCUT2D eigenvalue weighted by Gasteiger charge is 2.36. The van der Waals surface area contributed by atoms with Gasteiger partial charge in [0.1, 0.15) is 22.8 Å². The van der Waals surface area contributed by atoms with E-state index in [4.69, 9.17) is 10.2 Å². The van der Waals surface area contributed by atoms with E-state index in [0.717, 1.165) is 0 Å². The number of nitrogens with two attached hydrogens (primary N) is 1. The molecule has 0 bridgehead atoms. The van der Waals surface area contributed by atoms with Crippen molar-refractivity contribution in [3.05, 3.63) is 29.2 Å². The summed E-state index contributed by atoms with van der Waals surface area (Å²) in [7, 11) is 1.47. The van der Waals surface area contributed by atoms with Crippen LogP contribution in [0.5, 0.6) is 0 Å². The third-order valence-corrected chi connectivity index (χ3v) is 3.08. The van der Waals surface area contributed by atoms with Gasteiger partial charge in [-0.05, 0) is 19.1 Å². The predicted octanol–water partition coefficient (Wildman–Crippen LogP) is 0.885. The van der Waals surface area contributed by atoms with Gasteiger partial charge in [0.25, 0.3) is 5.91 Å². The number of aryl methyl sites for hydroxylation is 1. The van der Waals surface area contributed by atoms with Gasteiger partial charge >= 0.3 is 0 Å². The van der Waals surface area contributed by atoms with Crippen LogP contribution in [0, 0.1) is 6.92 Å². The fourth-order valence-electron chi connectivity index (χ4n) is 2.14. The van der Waals surface area contributed by atoms with Crippen LogP contribution in [0.25, 0.3) is 17.2 Å². The molecule has 100 valence electrons. The van der Waals surface area contributed by atoms with Crippen molar-refractivity contribution < 1.29 is 14.0 Å². The monoisotopic (exact) mass is 270 g/mol. The van der Waals surface area contributed by atoms with Crippen LogP contribution in [-0.2, 0) is 4.79 Å². The molecule has 2 aromatic rings. The second-order valence-electron chi connectivity index (χ2n) is 4.38. The van der Waals surface area contributed by atoms with E-state index in [0.29, 0.717) is 22.8 Å². The Bertz CT molecular complexity index is 787. The van der Waals surface area contributed by atoms with E-state index in [1.807, 2.05) is 0 Å². The number of fused-ring (bicyclic) bond motifs is 1. The lowest BCUT2D eigenvalue weighted by atomic mass is 10.1. The number of aromatic nitrogens is 2. The Morgan fingerprint density at radius 2 is 2.00 bits per heavy atom. The summed E-state index contributed by atoms with van der Waals surface area (Å²) in [4.78, 5) is 32.4. The van der Waals surface area contributed by atoms with Crippen molar-refractivity contribution in [1.82, 2.24) is 14.9 Å². The molecule has 0 saturated carbocycles. The third-order valence-electron chi connectivity index (χ3n) is 3.08. The van der Waals surface area contributed by atoms with Crippen LogP contribution in [0.3, 0.4) is 0 Å². The van der Waals surface area contributed by atoms with E-state index in [1.54, 1.807) is 25.0 Å². The van der Waals surface area contributed by atoms with Crippen molar-refractivity contribution in [1.29, 1.82) is 0 Å². The van der Waals surface area contributed by atoms with Gasteiger partial charge in [-0.2, -0.15) is 0 Å². The molecule has 0 spiro atoms. The summed E-state index contributed by atoms with van der Waals surface area (Å²) >= 11 is 0. The molecule has 3 heterocycles. The maximum absolute atomic E-state index is 12.1. The second-order valence-corrected chi connectivity index (χ2v) is 4.38. The summed E-state index contributed by atoms with van der Waals surface area (Å²) in [5.41, 5.74) is 6.41. The molecule has 0 radical (unpaired) electrons. The number of nitrogen functional groups attached to an aromatic ring is 1. The number of carbonyl (C=O) groups is 1. The van der Waals surface area contributed by atoms with E-state index in [1.165, 1.54) is 11.9 Å². The normalized spacial score (nSPS) is 13.6. The van der Waals surface area contributed by atoms with E-state index >= 15 is 0 Å². The lowest BCUT2D eigenvalue weighted by Gasteiger charge is -2.06. The minimum Gasteiger partial charge on any atom is -0.460 e. The molecule has 0 unspecified atom stereocenters. The Labute approximate surface area is 113 Å². The van der Waals surface area contributed by atoms with Crippen LogP contribution in [0.1, 0.15) is 21.8 Å². The van der Waals surface area contributed by atoms with Crippen LogP contribution in [0.15, 0.2) is 16.5 Å². The highest BCUT2D eigenvalue weighted by molar-refractivity contribution is 6.14. The van der Waals surface area contributed by atoms with Gasteiger partial charge in [-0.1, -0.05) is 0 Å². The minimum absolute atomic E-state index is 0.0540.